The number of alkyl halides is 1. The number of hydrogen-bond acceptors (Lipinski definition) is 3. The predicted molar refractivity (Wildman–Crippen MR) is 83.5 cm³/mol. The molecule has 1 aliphatic rings. The van der Waals surface area contributed by atoms with Gasteiger partial charge in [0.15, 0.2) is 11.5 Å². The Labute approximate surface area is 130 Å². The topological polar surface area (TPSA) is 47.6 Å². The minimum atomic E-state index is -0.153. The zero-order valence-corrected chi connectivity index (χ0v) is 13.3. The van der Waals surface area contributed by atoms with Gasteiger partial charge in [0.1, 0.15) is 0 Å². The van der Waals surface area contributed by atoms with Gasteiger partial charge >= 0.3 is 0 Å². The smallest absolute Gasteiger partial charge is 0.255 e. The summed E-state index contributed by atoms with van der Waals surface area (Å²) in [6.07, 6.45) is 4.48. The molecule has 2 rings (SSSR count). The molecular formula is C16H22ClNO3. The molecule has 0 aliphatic heterocycles. The number of carbonyl (C=O) groups is 1. The minimum absolute atomic E-state index is 0.153. The zero-order chi connectivity index (χ0) is 15.2. The van der Waals surface area contributed by atoms with Gasteiger partial charge < -0.3 is 14.8 Å². The molecule has 1 aliphatic carbocycles. The number of para-hydroxylation sites is 1. The van der Waals surface area contributed by atoms with Crippen LogP contribution < -0.4 is 14.8 Å². The summed E-state index contributed by atoms with van der Waals surface area (Å²) in [6.45, 7) is 0.605. The lowest BCUT2D eigenvalue weighted by Crippen LogP contribution is -2.34. The fourth-order valence-electron chi connectivity index (χ4n) is 2.78. The molecule has 0 aromatic heterocycles. The minimum Gasteiger partial charge on any atom is -0.493 e. The first-order valence-electron chi connectivity index (χ1n) is 7.30. The first kappa shape index (κ1) is 16.0. The van der Waals surface area contributed by atoms with Crippen LogP contribution in [0.1, 0.15) is 36.0 Å². The van der Waals surface area contributed by atoms with Crippen LogP contribution in [0.15, 0.2) is 18.2 Å². The summed E-state index contributed by atoms with van der Waals surface area (Å²) in [5.74, 6) is 1.21. The van der Waals surface area contributed by atoms with E-state index in [0.29, 0.717) is 29.5 Å². The molecule has 1 saturated carbocycles. The van der Waals surface area contributed by atoms with Gasteiger partial charge in [-0.3, -0.25) is 4.79 Å². The second kappa shape index (κ2) is 7.55. The normalized spacial score (nSPS) is 21.7. The molecule has 1 fully saturated rings. The molecule has 4 nitrogen and oxygen atoms in total. The molecule has 0 bridgehead atoms. The average Bonchev–Trinajstić information content (AvgIpc) is 2.52. The quantitative estimate of drug-likeness (QED) is 0.849. The highest BCUT2D eigenvalue weighted by Gasteiger charge is 2.24. The Bertz CT molecular complexity index is 492. The van der Waals surface area contributed by atoms with Crippen LogP contribution in [-0.4, -0.2) is 32.0 Å². The molecular weight excluding hydrogens is 290 g/mol. The van der Waals surface area contributed by atoms with Crippen molar-refractivity contribution in [3.05, 3.63) is 23.8 Å². The van der Waals surface area contributed by atoms with Gasteiger partial charge in [-0.05, 0) is 30.9 Å². The Morgan fingerprint density at radius 2 is 2.05 bits per heavy atom. The van der Waals surface area contributed by atoms with Gasteiger partial charge in [0.25, 0.3) is 5.91 Å². The van der Waals surface area contributed by atoms with E-state index in [0.717, 1.165) is 12.8 Å². The fourth-order valence-corrected chi connectivity index (χ4v) is 3.15. The van der Waals surface area contributed by atoms with Crippen molar-refractivity contribution in [1.29, 1.82) is 0 Å². The van der Waals surface area contributed by atoms with E-state index < -0.39 is 0 Å². The van der Waals surface area contributed by atoms with Gasteiger partial charge in [0.2, 0.25) is 0 Å². The largest absolute Gasteiger partial charge is 0.493 e. The van der Waals surface area contributed by atoms with Crippen molar-refractivity contribution in [3.63, 3.8) is 0 Å². The molecule has 0 saturated heterocycles. The molecule has 1 aromatic carbocycles. The van der Waals surface area contributed by atoms with Crippen molar-refractivity contribution < 1.29 is 14.3 Å². The Morgan fingerprint density at radius 3 is 2.71 bits per heavy atom. The van der Waals surface area contributed by atoms with Gasteiger partial charge in [0, 0.05) is 11.9 Å². The first-order chi connectivity index (χ1) is 10.2. The van der Waals surface area contributed by atoms with Crippen molar-refractivity contribution in [2.75, 3.05) is 20.8 Å². The molecule has 0 heterocycles. The summed E-state index contributed by atoms with van der Waals surface area (Å²) in [5.41, 5.74) is 0.485. The highest BCUT2D eigenvalue weighted by atomic mass is 35.5. The number of hydrogen-bond donors (Lipinski definition) is 1. The molecule has 1 amide bonds. The molecule has 0 spiro atoms. The maximum atomic E-state index is 12.4. The zero-order valence-electron chi connectivity index (χ0n) is 12.5. The van der Waals surface area contributed by atoms with Crippen molar-refractivity contribution >= 4 is 17.5 Å². The number of rotatable bonds is 5. The van der Waals surface area contributed by atoms with E-state index in [-0.39, 0.29) is 11.3 Å². The van der Waals surface area contributed by atoms with E-state index in [1.54, 1.807) is 25.3 Å². The predicted octanol–water partition coefficient (Wildman–Crippen LogP) is 3.23. The third kappa shape index (κ3) is 3.82. The van der Waals surface area contributed by atoms with Crippen molar-refractivity contribution in [2.24, 2.45) is 5.92 Å². The van der Waals surface area contributed by atoms with Crippen molar-refractivity contribution in [2.45, 2.75) is 31.1 Å². The Hall–Kier alpha value is -1.42. The Kier molecular flexibility index (Phi) is 5.74. The average molecular weight is 312 g/mol. The summed E-state index contributed by atoms with van der Waals surface area (Å²) in [6, 6.07) is 5.28. The molecule has 116 valence electrons. The lowest BCUT2D eigenvalue weighted by molar-refractivity contribution is 0.0940. The molecule has 1 aromatic rings. The third-order valence-electron chi connectivity index (χ3n) is 3.99. The van der Waals surface area contributed by atoms with Crippen LogP contribution in [0.3, 0.4) is 0 Å². The number of halogens is 1. The van der Waals surface area contributed by atoms with Crippen LogP contribution in [0, 0.1) is 5.92 Å². The highest BCUT2D eigenvalue weighted by molar-refractivity contribution is 6.20. The van der Waals surface area contributed by atoms with Gasteiger partial charge in [-0.1, -0.05) is 18.9 Å². The third-order valence-corrected chi connectivity index (χ3v) is 4.56. The first-order valence-corrected chi connectivity index (χ1v) is 7.74. The summed E-state index contributed by atoms with van der Waals surface area (Å²) in [5, 5.41) is 3.12. The number of nitrogens with one attached hydrogen (secondary N) is 1. The number of amides is 1. The lowest BCUT2D eigenvalue weighted by atomic mass is 9.88. The molecule has 1 N–H and O–H groups in total. The van der Waals surface area contributed by atoms with Crippen molar-refractivity contribution in [1.82, 2.24) is 5.32 Å². The lowest BCUT2D eigenvalue weighted by Gasteiger charge is -2.27. The molecule has 5 heteroatoms. The molecule has 21 heavy (non-hydrogen) atoms. The summed E-state index contributed by atoms with van der Waals surface area (Å²) in [7, 11) is 3.09. The van der Waals surface area contributed by atoms with Crippen LogP contribution in [0.5, 0.6) is 11.5 Å². The summed E-state index contributed by atoms with van der Waals surface area (Å²) in [4.78, 5) is 12.4. The fraction of sp³-hybridized carbons (Fsp3) is 0.562. The molecule has 2 atom stereocenters. The van der Waals surface area contributed by atoms with E-state index >= 15 is 0 Å². The summed E-state index contributed by atoms with van der Waals surface area (Å²) >= 11 is 6.32. The van der Waals surface area contributed by atoms with E-state index in [2.05, 4.69) is 5.32 Å². The number of carbonyl (C=O) groups excluding carboxylic acids is 1. The number of ether oxygens (including phenoxy) is 2. The van der Waals surface area contributed by atoms with Gasteiger partial charge in [0.05, 0.1) is 19.8 Å². The van der Waals surface area contributed by atoms with Gasteiger partial charge in [-0.2, -0.15) is 0 Å². The van der Waals surface area contributed by atoms with E-state index in [4.69, 9.17) is 21.1 Å². The molecule has 0 radical (unpaired) electrons. The Morgan fingerprint density at radius 1 is 1.29 bits per heavy atom. The van der Waals surface area contributed by atoms with Crippen LogP contribution in [0.2, 0.25) is 0 Å². The van der Waals surface area contributed by atoms with E-state index in [9.17, 15) is 4.79 Å². The Balaban J connectivity index is 2.03. The second-order valence-electron chi connectivity index (χ2n) is 5.31. The van der Waals surface area contributed by atoms with Crippen LogP contribution in [0.25, 0.3) is 0 Å². The monoisotopic (exact) mass is 311 g/mol. The maximum Gasteiger partial charge on any atom is 0.255 e. The SMILES string of the molecule is COc1cccc(C(=O)NCC2CCCCC2Cl)c1OC. The van der Waals surface area contributed by atoms with E-state index in [1.807, 2.05) is 0 Å². The van der Waals surface area contributed by atoms with Gasteiger partial charge in [-0.15, -0.1) is 11.6 Å². The summed E-state index contributed by atoms with van der Waals surface area (Å²) < 4.78 is 10.5. The van der Waals surface area contributed by atoms with Crippen LogP contribution >= 0.6 is 11.6 Å². The number of benzene rings is 1. The van der Waals surface area contributed by atoms with Crippen LogP contribution in [0.4, 0.5) is 0 Å². The van der Waals surface area contributed by atoms with Crippen molar-refractivity contribution in [3.8, 4) is 11.5 Å². The highest BCUT2D eigenvalue weighted by Crippen LogP contribution is 2.31. The maximum absolute atomic E-state index is 12.4. The second-order valence-corrected chi connectivity index (χ2v) is 5.87. The standard InChI is InChI=1S/C16H22ClNO3/c1-20-14-9-5-7-12(15(14)21-2)16(19)18-10-11-6-3-4-8-13(11)17/h5,7,9,11,13H,3-4,6,8,10H2,1-2H3,(H,18,19). The molecule has 2 unspecified atom stereocenters. The number of methoxy groups -OCH3 is 2. The van der Waals surface area contributed by atoms with E-state index in [1.165, 1.54) is 20.0 Å². The van der Waals surface area contributed by atoms with Gasteiger partial charge in [-0.25, -0.2) is 0 Å². The van der Waals surface area contributed by atoms with Crippen LogP contribution in [-0.2, 0) is 0 Å².